The topological polar surface area (TPSA) is 147 Å². The van der Waals surface area contributed by atoms with Crippen molar-refractivity contribution < 1.29 is 32.4 Å². The summed E-state index contributed by atoms with van der Waals surface area (Å²) in [7, 11) is -3.07. The molecule has 0 radical (unpaired) electrons. The summed E-state index contributed by atoms with van der Waals surface area (Å²) in [5.41, 5.74) is -0.854. The highest BCUT2D eigenvalue weighted by Crippen LogP contribution is 2.32. The van der Waals surface area contributed by atoms with Gasteiger partial charge in [0, 0.05) is 10.4 Å². The van der Waals surface area contributed by atoms with Gasteiger partial charge in [-0.1, -0.05) is 29.8 Å². The first-order chi connectivity index (χ1) is 18.0. The number of benzene rings is 3. The largest absolute Gasteiger partial charge is 0.479 e. The molecule has 1 atom stereocenters. The van der Waals surface area contributed by atoms with Gasteiger partial charge in [0.1, 0.15) is 17.1 Å². The molecule has 3 aromatic carbocycles. The van der Waals surface area contributed by atoms with Gasteiger partial charge >= 0.3 is 5.97 Å². The van der Waals surface area contributed by atoms with Crippen molar-refractivity contribution in [1.82, 2.24) is 3.97 Å². The van der Waals surface area contributed by atoms with Crippen molar-refractivity contribution in [1.29, 1.82) is 0 Å². The molecule has 1 heterocycles. The van der Waals surface area contributed by atoms with Crippen molar-refractivity contribution in [3.8, 4) is 5.75 Å². The number of nitro benzene ring substituents is 1. The number of ether oxygens (including phenoxy) is 2. The molecular formula is C25H20ClN3O8S. The molecule has 0 fully saturated rings. The Hall–Kier alpha value is -4.42. The van der Waals surface area contributed by atoms with E-state index in [2.05, 4.69) is 10.1 Å². The molecule has 1 unspecified atom stereocenters. The highest BCUT2D eigenvalue weighted by atomic mass is 35.5. The maximum Gasteiger partial charge on any atom is 0.346 e. The Balaban J connectivity index is 1.77. The number of fused-ring (bicyclic) bond motifs is 1. The summed E-state index contributed by atoms with van der Waals surface area (Å²) in [5.74, 6) is -1.61. The number of nitrogens with zero attached hydrogens (tertiary/aromatic N) is 2. The van der Waals surface area contributed by atoms with Crippen LogP contribution in [-0.4, -0.2) is 42.4 Å². The molecule has 0 aliphatic rings. The molecule has 0 spiro atoms. The summed E-state index contributed by atoms with van der Waals surface area (Å²) in [6.45, 7) is 1.41. The van der Waals surface area contributed by atoms with Crippen molar-refractivity contribution in [2.75, 3.05) is 12.4 Å². The van der Waals surface area contributed by atoms with Crippen LogP contribution in [0.25, 0.3) is 10.9 Å². The van der Waals surface area contributed by atoms with Crippen LogP contribution >= 0.6 is 11.6 Å². The average Bonchev–Trinajstić information content (AvgIpc) is 3.29. The second kappa shape index (κ2) is 10.5. The smallest absolute Gasteiger partial charge is 0.346 e. The molecule has 13 heteroatoms. The fraction of sp³-hybridized carbons (Fsp3) is 0.120. The Bertz CT molecular complexity index is 1670. The first-order valence-electron chi connectivity index (χ1n) is 11.0. The number of halogens is 1. The number of carbonyl (C=O) groups is 2. The molecule has 0 saturated heterocycles. The lowest BCUT2D eigenvalue weighted by molar-refractivity contribution is -0.384. The lowest BCUT2D eigenvalue weighted by Gasteiger charge is -2.14. The third kappa shape index (κ3) is 5.17. The number of nitro groups is 1. The van der Waals surface area contributed by atoms with E-state index < -0.39 is 38.6 Å². The van der Waals surface area contributed by atoms with Crippen LogP contribution in [0.15, 0.2) is 77.7 Å². The zero-order valence-electron chi connectivity index (χ0n) is 20.0. The summed E-state index contributed by atoms with van der Waals surface area (Å²) < 4.78 is 37.9. The van der Waals surface area contributed by atoms with Crippen LogP contribution in [0.2, 0.25) is 5.02 Å². The van der Waals surface area contributed by atoms with Gasteiger partial charge in [0.15, 0.2) is 6.10 Å². The van der Waals surface area contributed by atoms with Crippen molar-refractivity contribution in [2.45, 2.75) is 17.9 Å². The number of esters is 1. The fourth-order valence-electron chi connectivity index (χ4n) is 3.72. The van der Waals surface area contributed by atoms with Gasteiger partial charge in [0.05, 0.1) is 28.5 Å². The van der Waals surface area contributed by atoms with Gasteiger partial charge in [-0.2, -0.15) is 0 Å². The highest BCUT2D eigenvalue weighted by Gasteiger charge is 2.28. The third-order valence-corrected chi connectivity index (χ3v) is 7.47. The van der Waals surface area contributed by atoms with Gasteiger partial charge < -0.3 is 14.8 Å². The average molecular weight is 558 g/mol. The Morgan fingerprint density at radius 1 is 1.05 bits per heavy atom. The number of amides is 1. The van der Waals surface area contributed by atoms with Crippen LogP contribution in [0.5, 0.6) is 5.75 Å². The van der Waals surface area contributed by atoms with Gasteiger partial charge in [-0.25, -0.2) is 17.2 Å². The second-order valence-electron chi connectivity index (χ2n) is 7.99. The summed E-state index contributed by atoms with van der Waals surface area (Å²) in [4.78, 5) is 35.9. The Kier molecular flexibility index (Phi) is 7.37. The molecule has 196 valence electrons. The van der Waals surface area contributed by atoms with Gasteiger partial charge in [-0.15, -0.1) is 0 Å². The predicted molar refractivity (Wildman–Crippen MR) is 139 cm³/mol. The van der Waals surface area contributed by atoms with Crippen molar-refractivity contribution >= 4 is 55.8 Å². The first-order valence-corrected chi connectivity index (χ1v) is 12.8. The van der Waals surface area contributed by atoms with E-state index in [1.807, 2.05) is 0 Å². The number of anilines is 1. The molecule has 1 amide bonds. The van der Waals surface area contributed by atoms with Crippen molar-refractivity contribution in [3.05, 3.63) is 93.6 Å². The zero-order valence-corrected chi connectivity index (χ0v) is 21.5. The van der Waals surface area contributed by atoms with E-state index in [0.717, 1.165) is 10.0 Å². The van der Waals surface area contributed by atoms with Gasteiger partial charge in [-0.05, 0) is 55.5 Å². The molecule has 4 rings (SSSR count). The van der Waals surface area contributed by atoms with Crippen molar-refractivity contribution in [2.24, 2.45) is 0 Å². The summed E-state index contributed by atoms with van der Waals surface area (Å²) in [6.07, 6.45) is -1.04. The molecule has 0 saturated carbocycles. The summed E-state index contributed by atoms with van der Waals surface area (Å²) in [5, 5.41) is 14.9. The monoisotopic (exact) mass is 557 g/mol. The molecule has 1 N–H and O–H groups in total. The first kappa shape index (κ1) is 26.6. The van der Waals surface area contributed by atoms with Gasteiger partial charge in [0.25, 0.3) is 21.6 Å². The molecular weight excluding hydrogens is 538 g/mol. The number of aromatic nitrogens is 1. The maximum absolute atomic E-state index is 13.6. The van der Waals surface area contributed by atoms with Crippen molar-refractivity contribution in [3.63, 3.8) is 0 Å². The number of methoxy groups -OCH3 is 1. The lowest BCUT2D eigenvalue weighted by Crippen LogP contribution is -2.25. The fourth-order valence-corrected chi connectivity index (χ4v) is 5.43. The van der Waals surface area contributed by atoms with E-state index in [-0.39, 0.29) is 27.5 Å². The second-order valence-corrected chi connectivity index (χ2v) is 10.2. The summed E-state index contributed by atoms with van der Waals surface area (Å²) in [6, 6.07) is 16.9. The van der Waals surface area contributed by atoms with Gasteiger partial charge in [-0.3, -0.25) is 14.9 Å². The quantitative estimate of drug-likeness (QED) is 0.187. The lowest BCUT2D eigenvalue weighted by atomic mass is 10.2. The van der Waals surface area contributed by atoms with E-state index in [1.165, 1.54) is 62.6 Å². The Morgan fingerprint density at radius 2 is 1.76 bits per heavy atom. The van der Waals surface area contributed by atoms with Gasteiger partial charge in [0.2, 0.25) is 0 Å². The number of hydrogen-bond donors (Lipinski definition) is 1. The minimum atomic E-state index is -4.25. The van der Waals surface area contributed by atoms with Crippen LogP contribution in [0.4, 0.5) is 11.4 Å². The van der Waals surface area contributed by atoms with Crippen LogP contribution < -0.4 is 10.1 Å². The number of carbonyl (C=O) groups excluding carboxylic acids is 2. The SMILES string of the molecule is COC(=O)C(C)Oc1ccc(NC(=O)c2cc3cc(Cl)ccc3n2S(=O)(=O)c2ccccc2)c([N+](=O)[O-])c1. The maximum atomic E-state index is 13.6. The molecule has 0 aliphatic heterocycles. The normalized spacial score (nSPS) is 12.1. The van der Waals surface area contributed by atoms with Crippen LogP contribution in [0.3, 0.4) is 0 Å². The molecule has 0 bridgehead atoms. The molecule has 0 aliphatic carbocycles. The Morgan fingerprint density at radius 3 is 2.42 bits per heavy atom. The molecule has 38 heavy (non-hydrogen) atoms. The Labute approximate surface area is 221 Å². The number of rotatable bonds is 8. The van der Waals surface area contributed by atoms with E-state index in [4.69, 9.17) is 16.3 Å². The molecule has 11 nitrogen and oxygen atoms in total. The van der Waals surface area contributed by atoms with E-state index >= 15 is 0 Å². The van der Waals surface area contributed by atoms with E-state index in [0.29, 0.717) is 10.4 Å². The third-order valence-electron chi connectivity index (χ3n) is 5.49. The number of nitrogens with one attached hydrogen (secondary N) is 1. The van der Waals surface area contributed by atoms with Crippen LogP contribution in [-0.2, 0) is 19.6 Å². The predicted octanol–water partition coefficient (Wildman–Crippen LogP) is 4.63. The number of hydrogen-bond acceptors (Lipinski definition) is 8. The zero-order chi connectivity index (χ0) is 27.6. The minimum absolute atomic E-state index is 0.0111. The van der Waals surface area contributed by atoms with E-state index in [1.54, 1.807) is 18.2 Å². The minimum Gasteiger partial charge on any atom is -0.479 e. The van der Waals surface area contributed by atoms with Crippen LogP contribution in [0, 0.1) is 10.1 Å². The summed E-state index contributed by atoms with van der Waals surface area (Å²) >= 11 is 6.08. The standard InChI is InChI=1S/C25H20ClN3O8S/c1-15(25(31)36-2)37-18-9-10-20(22(14-18)29(32)33)27-24(30)23-13-16-12-17(26)8-11-21(16)28(23)38(34,35)19-6-4-3-5-7-19/h3-15H,1-2H3,(H,27,30). The van der Waals surface area contributed by atoms with E-state index in [9.17, 15) is 28.1 Å². The molecule has 4 aromatic rings. The molecule has 1 aromatic heterocycles. The highest BCUT2D eigenvalue weighted by molar-refractivity contribution is 7.90. The van der Waals surface area contributed by atoms with Crippen LogP contribution in [0.1, 0.15) is 17.4 Å².